The van der Waals surface area contributed by atoms with Gasteiger partial charge in [0, 0.05) is 6.20 Å². The molecule has 1 N–H and O–H groups in total. The van der Waals surface area contributed by atoms with Gasteiger partial charge in [-0.3, -0.25) is 0 Å². The lowest BCUT2D eigenvalue weighted by molar-refractivity contribution is 0.851. The number of aromatic amines is 1. The smallest absolute Gasteiger partial charge is 0.177 e. The summed E-state index contributed by atoms with van der Waals surface area (Å²) in [6, 6.07) is 0. The highest BCUT2D eigenvalue weighted by Crippen LogP contribution is 2.22. The number of rotatable bonds is 1. The van der Waals surface area contributed by atoms with Gasteiger partial charge in [0.15, 0.2) is 5.65 Å². The van der Waals surface area contributed by atoms with Crippen LogP contribution in [0.2, 0.25) is 0 Å². The van der Waals surface area contributed by atoms with Gasteiger partial charge in [0.1, 0.15) is 0 Å². The van der Waals surface area contributed by atoms with E-state index in [-0.39, 0.29) is 0 Å². The molecule has 3 heteroatoms. The molecule has 0 spiro atoms. The molecule has 0 unspecified atom stereocenters. The van der Waals surface area contributed by atoms with Gasteiger partial charge in [-0.25, -0.2) is 9.97 Å². The second-order valence-corrected chi connectivity index (χ2v) is 3.59. The Labute approximate surface area is 91.0 Å². The predicted octanol–water partition coefficient (Wildman–Crippen LogP) is 3.42. The summed E-state index contributed by atoms with van der Waals surface area (Å²) in [6.07, 6.45) is 3.61. The summed E-state index contributed by atoms with van der Waals surface area (Å²) in [7, 11) is 0. The number of pyridine rings is 1. The number of hydrogen-bond acceptors (Lipinski definition) is 2. The molecule has 2 rings (SSSR count). The number of hydrogen-bond donors (Lipinski definition) is 1. The molecule has 0 aliphatic heterocycles. The van der Waals surface area contributed by atoms with Gasteiger partial charge in [-0.1, -0.05) is 27.7 Å². The third-order valence-corrected chi connectivity index (χ3v) is 2.38. The molecule has 3 nitrogen and oxygen atoms in total. The van der Waals surface area contributed by atoms with Gasteiger partial charge in [-0.05, 0) is 24.0 Å². The summed E-state index contributed by atoms with van der Waals surface area (Å²) >= 11 is 0. The molecular formula is C12H19N3. The first-order valence-electron chi connectivity index (χ1n) is 5.48. The largest absolute Gasteiger partial charge is 0.343 e. The van der Waals surface area contributed by atoms with Gasteiger partial charge < -0.3 is 4.98 Å². The van der Waals surface area contributed by atoms with Crippen LogP contribution < -0.4 is 0 Å². The molecule has 0 amide bonds. The Morgan fingerprint density at radius 1 is 1.20 bits per heavy atom. The minimum Gasteiger partial charge on any atom is -0.343 e. The van der Waals surface area contributed by atoms with Crippen LogP contribution in [0.4, 0.5) is 0 Å². The normalized spacial score (nSPS) is 10.3. The van der Waals surface area contributed by atoms with Crippen LogP contribution in [0.25, 0.3) is 11.2 Å². The van der Waals surface area contributed by atoms with E-state index in [0.717, 1.165) is 11.2 Å². The van der Waals surface area contributed by atoms with Gasteiger partial charge in [0.25, 0.3) is 0 Å². The molecule has 15 heavy (non-hydrogen) atoms. The molecule has 0 aromatic carbocycles. The summed E-state index contributed by atoms with van der Waals surface area (Å²) in [5.74, 6) is 0.514. The molecule has 2 heterocycles. The van der Waals surface area contributed by atoms with Crippen LogP contribution in [0.15, 0.2) is 12.5 Å². The van der Waals surface area contributed by atoms with Crippen molar-refractivity contribution in [1.82, 2.24) is 15.0 Å². The van der Waals surface area contributed by atoms with Crippen molar-refractivity contribution in [2.24, 2.45) is 0 Å². The zero-order chi connectivity index (χ0) is 11.4. The number of aryl methyl sites for hydroxylation is 1. The fourth-order valence-electron chi connectivity index (χ4n) is 1.61. The lowest BCUT2D eigenvalue weighted by atomic mass is 10.00. The van der Waals surface area contributed by atoms with Crippen LogP contribution in [0.5, 0.6) is 0 Å². The van der Waals surface area contributed by atoms with E-state index in [0.29, 0.717) is 5.92 Å². The van der Waals surface area contributed by atoms with E-state index >= 15 is 0 Å². The maximum absolute atomic E-state index is 4.28. The van der Waals surface area contributed by atoms with E-state index < -0.39 is 0 Å². The average molecular weight is 205 g/mol. The molecule has 0 saturated heterocycles. The van der Waals surface area contributed by atoms with Crippen molar-refractivity contribution in [2.75, 3.05) is 0 Å². The van der Waals surface area contributed by atoms with Crippen LogP contribution >= 0.6 is 0 Å². The third kappa shape index (κ3) is 2.17. The number of fused-ring (bicyclic) bond motifs is 1. The average Bonchev–Trinajstić information content (AvgIpc) is 2.69. The Kier molecular flexibility index (Phi) is 3.83. The van der Waals surface area contributed by atoms with Crippen molar-refractivity contribution in [1.29, 1.82) is 0 Å². The minimum atomic E-state index is 0.514. The number of H-pyrrole nitrogens is 1. The topological polar surface area (TPSA) is 41.6 Å². The third-order valence-electron chi connectivity index (χ3n) is 2.38. The standard InChI is InChI=1S/C10H13N3.C2H6/c1-6(2)8-4-11-10-9(7(8)3)12-5-13-10;1-2/h4-6H,1-3H3,(H,11,12,13);1-2H3. The quantitative estimate of drug-likeness (QED) is 0.775. The van der Waals surface area contributed by atoms with Crippen molar-refractivity contribution in [3.63, 3.8) is 0 Å². The van der Waals surface area contributed by atoms with Gasteiger partial charge >= 0.3 is 0 Å². The molecule has 0 radical (unpaired) electrons. The van der Waals surface area contributed by atoms with Gasteiger partial charge in [0.2, 0.25) is 0 Å². The van der Waals surface area contributed by atoms with Crippen LogP contribution in [0.1, 0.15) is 44.7 Å². The van der Waals surface area contributed by atoms with Crippen LogP contribution in [-0.4, -0.2) is 15.0 Å². The van der Waals surface area contributed by atoms with Crippen molar-refractivity contribution in [3.05, 3.63) is 23.7 Å². The molecule has 0 aliphatic rings. The highest BCUT2D eigenvalue weighted by molar-refractivity contribution is 5.75. The lowest BCUT2D eigenvalue weighted by Crippen LogP contribution is -1.94. The van der Waals surface area contributed by atoms with Gasteiger partial charge in [-0.15, -0.1) is 0 Å². The van der Waals surface area contributed by atoms with Gasteiger partial charge in [-0.2, -0.15) is 0 Å². The minimum absolute atomic E-state index is 0.514. The summed E-state index contributed by atoms with van der Waals surface area (Å²) < 4.78 is 0. The maximum Gasteiger partial charge on any atom is 0.177 e. The lowest BCUT2D eigenvalue weighted by Gasteiger charge is -2.08. The molecule has 0 fully saturated rings. The van der Waals surface area contributed by atoms with E-state index in [1.54, 1.807) is 6.33 Å². The summed E-state index contributed by atoms with van der Waals surface area (Å²) in [4.78, 5) is 11.5. The molecule has 0 aliphatic carbocycles. The van der Waals surface area contributed by atoms with Crippen molar-refractivity contribution < 1.29 is 0 Å². The zero-order valence-electron chi connectivity index (χ0n) is 10.1. The molecule has 0 saturated carbocycles. The first kappa shape index (κ1) is 11.7. The molecule has 0 bridgehead atoms. The Bertz CT molecular complexity index is 429. The molecular weight excluding hydrogens is 186 g/mol. The van der Waals surface area contributed by atoms with Gasteiger partial charge in [0.05, 0.1) is 11.8 Å². The summed E-state index contributed by atoms with van der Waals surface area (Å²) in [5, 5.41) is 0. The van der Waals surface area contributed by atoms with E-state index in [1.165, 1.54) is 11.1 Å². The first-order chi connectivity index (χ1) is 7.20. The Morgan fingerprint density at radius 3 is 2.47 bits per heavy atom. The highest BCUT2D eigenvalue weighted by Gasteiger charge is 2.08. The Balaban J connectivity index is 0.000000531. The zero-order valence-corrected chi connectivity index (χ0v) is 10.1. The number of imidazole rings is 1. The second kappa shape index (κ2) is 4.91. The fourth-order valence-corrected chi connectivity index (χ4v) is 1.61. The van der Waals surface area contributed by atoms with Crippen molar-refractivity contribution >= 4 is 11.2 Å². The van der Waals surface area contributed by atoms with E-state index in [4.69, 9.17) is 0 Å². The second-order valence-electron chi connectivity index (χ2n) is 3.59. The number of aromatic nitrogens is 3. The van der Waals surface area contributed by atoms with Crippen molar-refractivity contribution in [2.45, 2.75) is 40.5 Å². The SMILES string of the molecule is CC.Cc1c(C(C)C)cnc2nc[nH]c12. The van der Waals surface area contributed by atoms with E-state index in [1.807, 2.05) is 20.0 Å². The molecule has 82 valence electrons. The molecule has 2 aromatic heterocycles. The molecule has 2 aromatic rings. The fraction of sp³-hybridized carbons (Fsp3) is 0.500. The van der Waals surface area contributed by atoms with Crippen molar-refractivity contribution in [3.8, 4) is 0 Å². The Morgan fingerprint density at radius 2 is 1.87 bits per heavy atom. The summed E-state index contributed by atoms with van der Waals surface area (Å²) in [5.41, 5.74) is 4.42. The van der Waals surface area contributed by atoms with Crippen LogP contribution in [0.3, 0.4) is 0 Å². The molecule has 0 atom stereocenters. The van der Waals surface area contributed by atoms with E-state index in [2.05, 4.69) is 35.7 Å². The summed E-state index contributed by atoms with van der Waals surface area (Å²) in [6.45, 7) is 10.5. The monoisotopic (exact) mass is 205 g/mol. The number of nitrogens with zero attached hydrogens (tertiary/aromatic N) is 2. The number of nitrogens with one attached hydrogen (secondary N) is 1. The highest BCUT2D eigenvalue weighted by atomic mass is 14.9. The first-order valence-corrected chi connectivity index (χ1v) is 5.48. The van der Waals surface area contributed by atoms with E-state index in [9.17, 15) is 0 Å². The predicted molar refractivity (Wildman–Crippen MR) is 64.1 cm³/mol. The maximum atomic E-state index is 4.28. The van der Waals surface area contributed by atoms with Crippen LogP contribution in [-0.2, 0) is 0 Å². The van der Waals surface area contributed by atoms with Crippen LogP contribution in [0, 0.1) is 6.92 Å². The Hall–Kier alpha value is -1.38.